The number of nitrogens with zero attached hydrogens (tertiary/aromatic N) is 1. The number of aromatic nitrogens is 1. The Bertz CT molecular complexity index is 328. The summed E-state index contributed by atoms with van der Waals surface area (Å²) in [5, 5.41) is 3.49. The van der Waals surface area contributed by atoms with Crippen LogP contribution < -0.4 is 11.1 Å². The van der Waals surface area contributed by atoms with Gasteiger partial charge < -0.3 is 11.1 Å². The van der Waals surface area contributed by atoms with Crippen molar-refractivity contribution in [3.8, 4) is 0 Å². The number of pyridine rings is 1. The van der Waals surface area contributed by atoms with E-state index in [1.54, 1.807) is 0 Å². The molecule has 17 heavy (non-hydrogen) atoms. The maximum Gasteiger partial charge on any atom is 0.126 e. The number of hydrogen-bond acceptors (Lipinski definition) is 3. The summed E-state index contributed by atoms with van der Waals surface area (Å²) in [7, 11) is 0. The predicted octanol–water partition coefficient (Wildman–Crippen LogP) is 2.71. The third-order valence-electron chi connectivity index (χ3n) is 3.72. The number of nitrogens with two attached hydrogens (primary N) is 1. The average molecular weight is 233 g/mol. The lowest BCUT2D eigenvalue weighted by molar-refractivity contribution is 0.320. The Morgan fingerprint density at radius 2 is 2.12 bits per heavy atom. The summed E-state index contributed by atoms with van der Waals surface area (Å²) in [6.07, 6.45) is 8.60. The van der Waals surface area contributed by atoms with Gasteiger partial charge in [0.1, 0.15) is 5.82 Å². The van der Waals surface area contributed by atoms with E-state index in [1.165, 1.54) is 37.7 Å². The van der Waals surface area contributed by atoms with Crippen LogP contribution in [-0.2, 0) is 0 Å². The lowest BCUT2D eigenvalue weighted by atomic mass is 9.84. The maximum atomic E-state index is 5.89. The number of rotatable bonds is 4. The molecular formula is C14H23N3. The minimum absolute atomic E-state index is 0.380. The SMILES string of the molecule is Cc1ccc(NC(CN)C2CCCCC2)nc1. The van der Waals surface area contributed by atoms with Crippen LogP contribution in [0.4, 0.5) is 5.82 Å². The van der Waals surface area contributed by atoms with Crippen LogP contribution in [0.2, 0.25) is 0 Å². The summed E-state index contributed by atoms with van der Waals surface area (Å²) in [6, 6.07) is 4.51. The van der Waals surface area contributed by atoms with Gasteiger partial charge in [-0.2, -0.15) is 0 Å². The van der Waals surface area contributed by atoms with Crippen LogP contribution in [0.5, 0.6) is 0 Å². The lowest BCUT2D eigenvalue weighted by Crippen LogP contribution is -2.37. The molecule has 1 aliphatic carbocycles. The third kappa shape index (κ3) is 3.43. The Hall–Kier alpha value is -1.09. The van der Waals surface area contributed by atoms with E-state index in [2.05, 4.69) is 23.3 Å². The van der Waals surface area contributed by atoms with Crippen LogP contribution in [0.1, 0.15) is 37.7 Å². The summed E-state index contributed by atoms with van der Waals surface area (Å²) in [5.41, 5.74) is 7.08. The molecule has 2 rings (SSSR count). The smallest absolute Gasteiger partial charge is 0.126 e. The molecule has 0 spiro atoms. The molecule has 0 amide bonds. The molecule has 1 aromatic heterocycles. The van der Waals surface area contributed by atoms with E-state index in [1.807, 2.05) is 12.3 Å². The Morgan fingerprint density at radius 1 is 1.35 bits per heavy atom. The Morgan fingerprint density at radius 3 is 2.71 bits per heavy atom. The van der Waals surface area contributed by atoms with Crippen molar-refractivity contribution in [2.75, 3.05) is 11.9 Å². The fourth-order valence-electron chi connectivity index (χ4n) is 2.65. The number of anilines is 1. The van der Waals surface area contributed by atoms with Gasteiger partial charge in [-0.1, -0.05) is 25.3 Å². The van der Waals surface area contributed by atoms with E-state index in [0.717, 1.165) is 11.7 Å². The summed E-state index contributed by atoms with van der Waals surface area (Å²) in [4.78, 5) is 4.39. The second-order valence-electron chi connectivity index (χ2n) is 5.11. The third-order valence-corrected chi connectivity index (χ3v) is 3.72. The van der Waals surface area contributed by atoms with Gasteiger partial charge in [-0.25, -0.2) is 4.98 Å². The van der Waals surface area contributed by atoms with Crippen LogP contribution in [-0.4, -0.2) is 17.6 Å². The van der Waals surface area contributed by atoms with Crippen molar-refractivity contribution in [3.63, 3.8) is 0 Å². The molecule has 94 valence electrons. The van der Waals surface area contributed by atoms with Gasteiger partial charge in [0, 0.05) is 18.8 Å². The fraction of sp³-hybridized carbons (Fsp3) is 0.643. The zero-order chi connectivity index (χ0) is 12.1. The van der Waals surface area contributed by atoms with Crippen LogP contribution >= 0.6 is 0 Å². The zero-order valence-electron chi connectivity index (χ0n) is 10.7. The quantitative estimate of drug-likeness (QED) is 0.840. The van der Waals surface area contributed by atoms with E-state index in [-0.39, 0.29) is 0 Å². The highest BCUT2D eigenvalue weighted by Gasteiger charge is 2.22. The van der Waals surface area contributed by atoms with Gasteiger partial charge in [0.25, 0.3) is 0 Å². The molecule has 0 saturated heterocycles. The largest absolute Gasteiger partial charge is 0.366 e. The van der Waals surface area contributed by atoms with Crippen molar-refractivity contribution in [3.05, 3.63) is 23.9 Å². The fourth-order valence-corrected chi connectivity index (χ4v) is 2.65. The number of nitrogens with one attached hydrogen (secondary N) is 1. The molecule has 0 bridgehead atoms. The molecule has 0 aromatic carbocycles. The number of hydrogen-bond donors (Lipinski definition) is 2. The lowest BCUT2D eigenvalue weighted by Gasteiger charge is -2.30. The molecule has 1 atom stereocenters. The summed E-state index contributed by atoms with van der Waals surface area (Å²) < 4.78 is 0. The first-order valence-corrected chi connectivity index (χ1v) is 6.69. The van der Waals surface area contributed by atoms with Gasteiger partial charge in [-0.15, -0.1) is 0 Å². The van der Waals surface area contributed by atoms with Crippen molar-refractivity contribution in [1.82, 2.24) is 4.98 Å². The summed E-state index contributed by atoms with van der Waals surface area (Å²) in [5.74, 6) is 1.67. The highest BCUT2D eigenvalue weighted by molar-refractivity contribution is 5.36. The molecule has 3 heteroatoms. The van der Waals surface area contributed by atoms with E-state index in [0.29, 0.717) is 12.6 Å². The molecule has 1 aliphatic rings. The summed E-state index contributed by atoms with van der Waals surface area (Å²) >= 11 is 0. The van der Waals surface area contributed by atoms with E-state index in [9.17, 15) is 0 Å². The summed E-state index contributed by atoms with van der Waals surface area (Å²) in [6.45, 7) is 2.75. The standard InChI is InChI=1S/C14H23N3/c1-11-7-8-14(16-10-11)17-13(9-15)12-5-3-2-4-6-12/h7-8,10,12-13H,2-6,9,15H2,1H3,(H,16,17). The van der Waals surface area contributed by atoms with Crippen molar-refractivity contribution in [2.24, 2.45) is 11.7 Å². The van der Waals surface area contributed by atoms with Crippen molar-refractivity contribution in [1.29, 1.82) is 0 Å². The van der Waals surface area contributed by atoms with Crippen LogP contribution in [0.25, 0.3) is 0 Å². The molecule has 3 N–H and O–H groups in total. The Kier molecular flexibility index (Phi) is 4.37. The van der Waals surface area contributed by atoms with Gasteiger partial charge in [-0.3, -0.25) is 0 Å². The highest BCUT2D eigenvalue weighted by Crippen LogP contribution is 2.27. The van der Waals surface area contributed by atoms with Gasteiger partial charge in [0.05, 0.1) is 0 Å². The normalized spacial score (nSPS) is 18.9. The van der Waals surface area contributed by atoms with Gasteiger partial charge in [0.15, 0.2) is 0 Å². The highest BCUT2D eigenvalue weighted by atomic mass is 15.0. The van der Waals surface area contributed by atoms with Crippen LogP contribution in [0.3, 0.4) is 0 Å². The molecule has 0 aliphatic heterocycles. The zero-order valence-corrected chi connectivity index (χ0v) is 10.7. The van der Waals surface area contributed by atoms with E-state index < -0.39 is 0 Å². The van der Waals surface area contributed by atoms with Gasteiger partial charge in [0.2, 0.25) is 0 Å². The second-order valence-corrected chi connectivity index (χ2v) is 5.11. The monoisotopic (exact) mass is 233 g/mol. The molecular weight excluding hydrogens is 210 g/mol. The maximum absolute atomic E-state index is 5.89. The van der Waals surface area contributed by atoms with Crippen molar-refractivity contribution >= 4 is 5.82 Å². The minimum Gasteiger partial charge on any atom is -0.366 e. The molecule has 3 nitrogen and oxygen atoms in total. The van der Waals surface area contributed by atoms with Gasteiger partial charge in [-0.05, 0) is 37.3 Å². The predicted molar refractivity (Wildman–Crippen MR) is 72.0 cm³/mol. The first-order valence-electron chi connectivity index (χ1n) is 6.69. The van der Waals surface area contributed by atoms with Gasteiger partial charge >= 0.3 is 0 Å². The molecule has 1 fully saturated rings. The first-order chi connectivity index (χ1) is 8.29. The molecule has 1 aromatic rings. The Balaban J connectivity index is 1.96. The second kappa shape index (κ2) is 6.01. The minimum atomic E-state index is 0.380. The van der Waals surface area contributed by atoms with Crippen LogP contribution in [0.15, 0.2) is 18.3 Å². The number of aryl methyl sites for hydroxylation is 1. The Labute approximate surface area is 104 Å². The van der Waals surface area contributed by atoms with Crippen molar-refractivity contribution < 1.29 is 0 Å². The molecule has 1 heterocycles. The van der Waals surface area contributed by atoms with Crippen molar-refractivity contribution in [2.45, 2.75) is 45.1 Å². The molecule has 1 unspecified atom stereocenters. The average Bonchev–Trinajstić information content (AvgIpc) is 2.39. The van der Waals surface area contributed by atoms with E-state index in [4.69, 9.17) is 5.73 Å². The topological polar surface area (TPSA) is 50.9 Å². The van der Waals surface area contributed by atoms with Crippen LogP contribution in [0, 0.1) is 12.8 Å². The first kappa shape index (κ1) is 12.4. The molecule has 1 saturated carbocycles. The molecule has 0 radical (unpaired) electrons. The van der Waals surface area contributed by atoms with E-state index >= 15 is 0 Å².